The van der Waals surface area contributed by atoms with Crippen LogP contribution in [0.5, 0.6) is 0 Å². The van der Waals surface area contributed by atoms with Crippen LogP contribution < -0.4 is 10.2 Å². The average Bonchev–Trinajstić information content (AvgIpc) is 2.72. The van der Waals surface area contributed by atoms with Crippen molar-refractivity contribution in [2.75, 3.05) is 4.90 Å². The molecule has 0 aliphatic heterocycles. The van der Waals surface area contributed by atoms with E-state index in [0.29, 0.717) is 6.54 Å². The fourth-order valence-electron chi connectivity index (χ4n) is 3.90. The summed E-state index contributed by atoms with van der Waals surface area (Å²) in [5.41, 5.74) is 2.04. The molecule has 0 heterocycles. The van der Waals surface area contributed by atoms with Gasteiger partial charge in [0.25, 0.3) is 0 Å². The lowest BCUT2D eigenvalue weighted by Gasteiger charge is -2.32. The number of anilines is 1. The number of carbonyl (C=O) groups is 2. The largest absolute Gasteiger partial charge is 0.354 e. The quantitative estimate of drug-likeness (QED) is 0.802. The van der Waals surface area contributed by atoms with E-state index < -0.39 is 0 Å². The molecule has 0 spiro atoms. The number of hydrogen-bond acceptors (Lipinski definition) is 2. The van der Waals surface area contributed by atoms with Crippen molar-refractivity contribution < 1.29 is 9.59 Å². The molecule has 0 atom stereocenters. The van der Waals surface area contributed by atoms with Crippen LogP contribution in [0.3, 0.4) is 0 Å². The predicted octanol–water partition coefficient (Wildman–Crippen LogP) is 4.55. The van der Waals surface area contributed by atoms with Crippen molar-refractivity contribution in [3.8, 4) is 0 Å². The second-order valence-electron chi connectivity index (χ2n) is 7.96. The molecule has 3 rings (SSSR count). The Morgan fingerprint density at radius 2 is 1.43 bits per heavy atom. The van der Waals surface area contributed by atoms with Crippen molar-refractivity contribution in [2.24, 2.45) is 11.8 Å². The number of amides is 2. The van der Waals surface area contributed by atoms with Gasteiger partial charge in [0.15, 0.2) is 0 Å². The topological polar surface area (TPSA) is 49.4 Å². The summed E-state index contributed by atoms with van der Waals surface area (Å²) in [6.07, 6.45) is 3.10. The Morgan fingerprint density at radius 1 is 0.893 bits per heavy atom. The van der Waals surface area contributed by atoms with Gasteiger partial charge in [0.1, 0.15) is 0 Å². The standard InChI is InChI=1S/C24H30N2O2/c1-18(2)25-23(27)20-13-15-21(16-14-20)24(28)26(22-11-7-4-8-12-22)17-19-9-5-3-6-10-19/h3-12,18,20-21H,13-17H2,1-2H3,(H,25,27). The van der Waals surface area contributed by atoms with E-state index in [1.54, 1.807) is 0 Å². The highest BCUT2D eigenvalue weighted by Crippen LogP contribution is 2.32. The number of carbonyl (C=O) groups excluding carboxylic acids is 2. The van der Waals surface area contributed by atoms with Crippen molar-refractivity contribution >= 4 is 17.5 Å². The number of benzene rings is 2. The molecule has 0 bridgehead atoms. The van der Waals surface area contributed by atoms with E-state index in [1.165, 1.54) is 0 Å². The molecule has 0 saturated heterocycles. The van der Waals surface area contributed by atoms with Crippen LogP contribution >= 0.6 is 0 Å². The first-order valence-electron chi connectivity index (χ1n) is 10.3. The predicted molar refractivity (Wildman–Crippen MR) is 113 cm³/mol. The summed E-state index contributed by atoms with van der Waals surface area (Å²) in [7, 11) is 0. The molecule has 1 saturated carbocycles. The SMILES string of the molecule is CC(C)NC(=O)C1CCC(C(=O)N(Cc2ccccc2)c2ccccc2)CC1. The van der Waals surface area contributed by atoms with Gasteiger partial charge >= 0.3 is 0 Å². The molecule has 4 nitrogen and oxygen atoms in total. The zero-order valence-electron chi connectivity index (χ0n) is 16.8. The summed E-state index contributed by atoms with van der Waals surface area (Å²) in [5.74, 6) is 0.306. The van der Waals surface area contributed by atoms with E-state index in [9.17, 15) is 9.59 Å². The molecule has 0 unspecified atom stereocenters. The third-order valence-corrected chi connectivity index (χ3v) is 5.40. The summed E-state index contributed by atoms with van der Waals surface area (Å²) < 4.78 is 0. The summed E-state index contributed by atoms with van der Waals surface area (Å²) >= 11 is 0. The first-order chi connectivity index (χ1) is 13.5. The van der Waals surface area contributed by atoms with Crippen LogP contribution in [0.1, 0.15) is 45.1 Å². The number of hydrogen-bond donors (Lipinski definition) is 1. The second-order valence-corrected chi connectivity index (χ2v) is 7.96. The highest BCUT2D eigenvalue weighted by atomic mass is 16.2. The summed E-state index contributed by atoms with van der Waals surface area (Å²) in [5, 5.41) is 3.00. The third kappa shape index (κ3) is 5.22. The van der Waals surface area contributed by atoms with Gasteiger partial charge in [-0.3, -0.25) is 9.59 Å². The molecular formula is C24H30N2O2. The monoisotopic (exact) mass is 378 g/mol. The average molecular weight is 379 g/mol. The molecule has 28 heavy (non-hydrogen) atoms. The molecule has 2 aromatic rings. The van der Waals surface area contributed by atoms with E-state index in [-0.39, 0.29) is 29.7 Å². The molecule has 2 amide bonds. The Kier molecular flexibility index (Phi) is 6.85. The van der Waals surface area contributed by atoms with Crippen LogP contribution in [-0.4, -0.2) is 17.9 Å². The van der Waals surface area contributed by atoms with Crippen LogP contribution in [0.15, 0.2) is 60.7 Å². The van der Waals surface area contributed by atoms with E-state index in [0.717, 1.165) is 36.9 Å². The van der Waals surface area contributed by atoms with Gasteiger partial charge in [-0.1, -0.05) is 48.5 Å². The summed E-state index contributed by atoms with van der Waals surface area (Å²) in [4.78, 5) is 27.6. The highest BCUT2D eigenvalue weighted by Gasteiger charge is 2.32. The van der Waals surface area contributed by atoms with E-state index in [4.69, 9.17) is 0 Å². The maximum absolute atomic E-state index is 13.4. The highest BCUT2D eigenvalue weighted by molar-refractivity contribution is 5.95. The zero-order valence-corrected chi connectivity index (χ0v) is 16.8. The van der Waals surface area contributed by atoms with Gasteiger partial charge in [0, 0.05) is 23.6 Å². The smallest absolute Gasteiger partial charge is 0.230 e. The molecule has 1 N–H and O–H groups in total. The maximum atomic E-state index is 13.4. The molecule has 4 heteroatoms. The van der Waals surface area contributed by atoms with E-state index in [1.807, 2.05) is 67.3 Å². The van der Waals surface area contributed by atoms with Crippen molar-refractivity contribution in [2.45, 2.75) is 52.1 Å². The first-order valence-corrected chi connectivity index (χ1v) is 10.3. The lowest BCUT2D eigenvalue weighted by molar-refractivity contribution is -0.129. The van der Waals surface area contributed by atoms with Gasteiger partial charge in [-0.2, -0.15) is 0 Å². The lowest BCUT2D eigenvalue weighted by atomic mass is 9.80. The van der Waals surface area contributed by atoms with Gasteiger partial charge in [-0.05, 0) is 57.2 Å². The van der Waals surface area contributed by atoms with Gasteiger partial charge in [-0.15, -0.1) is 0 Å². The summed E-state index contributed by atoms with van der Waals surface area (Å²) in [6.45, 7) is 4.53. The van der Waals surface area contributed by atoms with Crippen molar-refractivity contribution in [3.63, 3.8) is 0 Å². The summed E-state index contributed by atoms with van der Waals surface area (Å²) in [6, 6.07) is 20.1. The molecule has 148 valence electrons. The zero-order chi connectivity index (χ0) is 19.9. The second kappa shape index (κ2) is 9.54. The Balaban J connectivity index is 1.69. The Morgan fingerprint density at radius 3 is 2.00 bits per heavy atom. The first kappa shape index (κ1) is 20.1. The number of rotatable bonds is 6. The fraction of sp³-hybridized carbons (Fsp3) is 0.417. The van der Waals surface area contributed by atoms with Crippen molar-refractivity contribution in [1.82, 2.24) is 5.32 Å². The van der Waals surface area contributed by atoms with Gasteiger partial charge in [0.2, 0.25) is 11.8 Å². The Labute approximate surface area is 167 Å². The van der Waals surface area contributed by atoms with Gasteiger partial charge in [0.05, 0.1) is 6.54 Å². The molecule has 0 radical (unpaired) electrons. The minimum absolute atomic E-state index is 0.0213. The van der Waals surface area contributed by atoms with Crippen LogP contribution in [0.2, 0.25) is 0 Å². The van der Waals surface area contributed by atoms with Gasteiger partial charge in [-0.25, -0.2) is 0 Å². The van der Waals surface area contributed by atoms with Crippen LogP contribution in [0.25, 0.3) is 0 Å². The van der Waals surface area contributed by atoms with Crippen LogP contribution in [-0.2, 0) is 16.1 Å². The maximum Gasteiger partial charge on any atom is 0.230 e. The molecule has 0 aromatic heterocycles. The Bertz CT molecular complexity index is 766. The molecule has 1 aliphatic rings. The van der Waals surface area contributed by atoms with Crippen molar-refractivity contribution in [3.05, 3.63) is 66.2 Å². The molecule has 2 aromatic carbocycles. The third-order valence-electron chi connectivity index (χ3n) is 5.40. The molecule has 1 fully saturated rings. The van der Waals surface area contributed by atoms with Crippen LogP contribution in [0, 0.1) is 11.8 Å². The number of para-hydroxylation sites is 1. The van der Waals surface area contributed by atoms with Crippen LogP contribution in [0.4, 0.5) is 5.69 Å². The minimum atomic E-state index is -0.0213. The lowest BCUT2D eigenvalue weighted by Crippen LogP contribution is -2.41. The number of nitrogens with one attached hydrogen (secondary N) is 1. The Hall–Kier alpha value is -2.62. The molecule has 1 aliphatic carbocycles. The van der Waals surface area contributed by atoms with E-state index in [2.05, 4.69) is 17.4 Å². The fourth-order valence-corrected chi connectivity index (χ4v) is 3.90. The normalized spacial score (nSPS) is 19.2. The number of nitrogens with zero attached hydrogens (tertiary/aromatic N) is 1. The van der Waals surface area contributed by atoms with Gasteiger partial charge < -0.3 is 10.2 Å². The molecular weight excluding hydrogens is 348 g/mol. The van der Waals surface area contributed by atoms with Crippen molar-refractivity contribution in [1.29, 1.82) is 0 Å². The van der Waals surface area contributed by atoms with E-state index >= 15 is 0 Å². The minimum Gasteiger partial charge on any atom is -0.354 e.